The summed E-state index contributed by atoms with van der Waals surface area (Å²) < 4.78 is 0. The van der Waals surface area contributed by atoms with Crippen molar-refractivity contribution in [3.05, 3.63) is 93.5 Å². The van der Waals surface area contributed by atoms with Crippen molar-refractivity contribution in [1.29, 1.82) is 0 Å². The number of thiophene rings is 1. The Morgan fingerprint density at radius 2 is 1.85 bits per heavy atom. The molecule has 1 aliphatic carbocycles. The van der Waals surface area contributed by atoms with E-state index in [9.17, 15) is 9.59 Å². The minimum absolute atomic E-state index is 0.131. The van der Waals surface area contributed by atoms with Gasteiger partial charge in [-0.3, -0.25) is 9.59 Å². The zero-order chi connectivity index (χ0) is 28.6. The van der Waals surface area contributed by atoms with Crippen LogP contribution in [0.2, 0.25) is 0 Å². The van der Waals surface area contributed by atoms with Gasteiger partial charge in [0.1, 0.15) is 9.71 Å². The fraction of sp³-hybridized carbons (Fsp3) is 0.324. The number of hydrogen-bond donors (Lipinski definition) is 2. The Bertz CT molecular complexity index is 1610. The second-order valence-corrected chi connectivity index (χ2v) is 13.2. The minimum Gasteiger partial charge on any atom is -0.397 e. The van der Waals surface area contributed by atoms with E-state index in [1.807, 2.05) is 18.2 Å². The summed E-state index contributed by atoms with van der Waals surface area (Å²) in [5.41, 5.74) is 12.8. The Labute approximate surface area is 240 Å². The zero-order valence-electron chi connectivity index (χ0n) is 23.9. The fourth-order valence-corrected chi connectivity index (χ4v) is 6.27. The summed E-state index contributed by atoms with van der Waals surface area (Å²) in [7, 11) is 0. The van der Waals surface area contributed by atoms with Crippen molar-refractivity contribution < 1.29 is 9.59 Å². The highest BCUT2D eigenvalue weighted by Gasteiger charge is 2.30. The molecular formula is C34H37N3O2S. The molecule has 2 aromatic heterocycles. The molecular weight excluding hydrogens is 514 g/mol. The molecule has 0 spiro atoms. The van der Waals surface area contributed by atoms with E-state index in [2.05, 4.69) is 58.1 Å². The topological polar surface area (TPSA) is 85.1 Å². The molecule has 6 heteroatoms. The zero-order valence-corrected chi connectivity index (χ0v) is 24.7. The summed E-state index contributed by atoms with van der Waals surface area (Å²) in [4.78, 5) is 32.3. The van der Waals surface area contributed by atoms with Gasteiger partial charge in [0.25, 0.3) is 5.91 Å². The Balaban J connectivity index is 1.31. The number of carbonyl (C=O) groups excluding carboxylic acids is 2. The van der Waals surface area contributed by atoms with Crippen LogP contribution >= 0.6 is 11.3 Å². The van der Waals surface area contributed by atoms with Gasteiger partial charge in [-0.1, -0.05) is 77.1 Å². The van der Waals surface area contributed by atoms with E-state index in [-0.39, 0.29) is 17.1 Å². The lowest BCUT2D eigenvalue weighted by atomic mass is 9.72. The van der Waals surface area contributed by atoms with Crippen LogP contribution in [0.1, 0.15) is 89.4 Å². The van der Waals surface area contributed by atoms with Gasteiger partial charge in [0.2, 0.25) is 0 Å². The van der Waals surface area contributed by atoms with Crippen molar-refractivity contribution in [3.63, 3.8) is 0 Å². The average molecular weight is 552 g/mol. The number of ketones is 1. The monoisotopic (exact) mass is 551 g/mol. The fourth-order valence-electron chi connectivity index (χ4n) is 5.28. The van der Waals surface area contributed by atoms with Crippen LogP contribution in [0.5, 0.6) is 0 Å². The summed E-state index contributed by atoms with van der Waals surface area (Å²) in [5.74, 6) is 0.619. The largest absolute Gasteiger partial charge is 0.397 e. The van der Waals surface area contributed by atoms with Crippen LogP contribution < -0.4 is 11.1 Å². The molecule has 0 aliphatic heterocycles. The number of carbonyl (C=O) groups is 2. The number of amides is 1. The van der Waals surface area contributed by atoms with Crippen molar-refractivity contribution in [2.45, 2.75) is 59.8 Å². The average Bonchev–Trinajstić information content (AvgIpc) is 3.25. The maximum absolute atomic E-state index is 13.3. The number of nitrogens with two attached hydrogens (primary N) is 1. The standard InChI is InChI=1S/C34H37N3O2S/c1-20(2)22-12-9-21(10-13-22)11-16-29(38)24-7-6-8-26(17-24)36-32(39)31-30(35)27-18-23-14-15-25(34(3,4)5)19-28(23)37-33(27)40-31/h6-13,16-18,20,25H,14-15,19,35H2,1-5H3,(H,36,39). The van der Waals surface area contributed by atoms with E-state index >= 15 is 0 Å². The summed E-state index contributed by atoms with van der Waals surface area (Å²) in [6.07, 6.45) is 6.44. The summed E-state index contributed by atoms with van der Waals surface area (Å²) in [6, 6.07) is 17.3. The number of rotatable bonds is 6. The number of nitrogen functional groups attached to an aromatic ring is 1. The highest BCUT2D eigenvalue weighted by Crippen LogP contribution is 2.40. The van der Waals surface area contributed by atoms with Crippen molar-refractivity contribution in [2.24, 2.45) is 11.3 Å². The van der Waals surface area contributed by atoms with Crippen LogP contribution in [0.25, 0.3) is 16.3 Å². The molecule has 5 nitrogen and oxygen atoms in total. The van der Waals surface area contributed by atoms with Gasteiger partial charge < -0.3 is 11.1 Å². The molecule has 0 saturated heterocycles. The number of hydrogen-bond acceptors (Lipinski definition) is 5. The first-order chi connectivity index (χ1) is 19.0. The number of benzene rings is 2. The number of pyridine rings is 1. The van der Waals surface area contributed by atoms with Crippen molar-refractivity contribution in [3.8, 4) is 0 Å². The van der Waals surface area contributed by atoms with Gasteiger partial charge in [0.05, 0.1) is 5.69 Å². The minimum atomic E-state index is -0.295. The molecule has 40 heavy (non-hydrogen) atoms. The van der Waals surface area contributed by atoms with Crippen LogP contribution in [0.3, 0.4) is 0 Å². The van der Waals surface area contributed by atoms with Crippen LogP contribution in [0, 0.1) is 11.3 Å². The van der Waals surface area contributed by atoms with E-state index in [1.54, 1.807) is 30.3 Å². The lowest BCUT2D eigenvalue weighted by Crippen LogP contribution is -2.27. The van der Waals surface area contributed by atoms with E-state index < -0.39 is 0 Å². The number of aromatic nitrogens is 1. The molecule has 3 N–H and O–H groups in total. The van der Waals surface area contributed by atoms with Gasteiger partial charge in [-0.25, -0.2) is 4.98 Å². The third-order valence-electron chi connectivity index (χ3n) is 7.96. The number of nitrogens with zero attached hydrogens (tertiary/aromatic N) is 1. The second kappa shape index (κ2) is 11.0. The first-order valence-electron chi connectivity index (χ1n) is 13.9. The highest BCUT2D eigenvalue weighted by atomic mass is 32.1. The van der Waals surface area contributed by atoms with Crippen LogP contribution in [0.4, 0.5) is 11.4 Å². The lowest BCUT2D eigenvalue weighted by molar-refractivity contribution is 0.102. The first kappa shape index (κ1) is 27.8. The van der Waals surface area contributed by atoms with Crippen LogP contribution in [-0.2, 0) is 12.8 Å². The molecule has 2 aromatic carbocycles. The molecule has 4 aromatic rings. The quantitative estimate of drug-likeness (QED) is 0.186. The number of fused-ring (bicyclic) bond motifs is 2. The normalized spacial score (nSPS) is 15.5. The maximum Gasteiger partial charge on any atom is 0.267 e. The Morgan fingerprint density at radius 1 is 1.10 bits per heavy atom. The number of nitrogens with one attached hydrogen (secondary N) is 1. The molecule has 1 atom stereocenters. The number of allylic oxidation sites excluding steroid dienone is 1. The molecule has 1 unspecified atom stereocenters. The second-order valence-electron chi connectivity index (χ2n) is 12.2. The smallest absolute Gasteiger partial charge is 0.267 e. The van der Waals surface area contributed by atoms with E-state index in [1.165, 1.54) is 22.5 Å². The Kier molecular flexibility index (Phi) is 7.65. The molecule has 0 saturated carbocycles. The third kappa shape index (κ3) is 5.87. The maximum atomic E-state index is 13.3. The lowest BCUT2D eigenvalue weighted by Gasteiger charge is -2.34. The van der Waals surface area contributed by atoms with E-state index in [0.29, 0.717) is 33.7 Å². The summed E-state index contributed by atoms with van der Waals surface area (Å²) in [6.45, 7) is 11.2. The predicted octanol–water partition coefficient (Wildman–Crippen LogP) is 8.30. The summed E-state index contributed by atoms with van der Waals surface area (Å²) >= 11 is 1.33. The molecule has 0 radical (unpaired) electrons. The molecule has 1 aliphatic rings. The van der Waals surface area contributed by atoms with Gasteiger partial charge in [-0.2, -0.15) is 0 Å². The molecule has 0 fully saturated rings. The van der Waals surface area contributed by atoms with Crippen molar-refractivity contribution >= 4 is 50.7 Å². The van der Waals surface area contributed by atoms with Crippen LogP contribution in [-0.4, -0.2) is 16.7 Å². The van der Waals surface area contributed by atoms with Gasteiger partial charge >= 0.3 is 0 Å². The van der Waals surface area contributed by atoms with Gasteiger partial charge in [0, 0.05) is 22.3 Å². The van der Waals surface area contributed by atoms with Gasteiger partial charge in [0.15, 0.2) is 5.78 Å². The Hall–Kier alpha value is -3.77. The molecule has 5 rings (SSSR count). The van der Waals surface area contributed by atoms with E-state index in [0.717, 1.165) is 40.7 Å². The molecule has 0 bridgehead atoms. The number of aryl methyl sites for hydroxylation is 1. The summed E-state index contributed by atoms with van der Waals surface area (Å²) in [5, 5.41) is 3.78. The SMILES string of the molecule is CC(C)c1ccc(C=CC(=O)c2cccc(NC(=O)c3sc4nc5c(cc4c3N)CCC(C(C)(C)C)C5)c2)cc1. The molecule has 206 valence electrons. The third-order valence-corrected chi connectivity index (χ3v) is 9.07. The van der Waals surface area contributed by atoms with Gasteiger partial charge in [-0.15, -0.1) is 11.3 Å². The van der Waals surface area contributed by atoms with E-state index in [4.69, 9.17) is 10.7 Å². The molecule has 1 amide bonds. The number of anilines is 2. The van der Waals surface area contributed by atoms with Crippen molar-refractivity contribution in [2.75, 3.05) is 11.1 Å². The molecule has 2 heterocycles. The van der Waals surface area contributed by atoms with Gasteiger partial charge in [-0.05, 0) is 77.5 Å². The van der Waals surface area contributed by atoms with Crippen LogP contribution in [0.15, 0.2) is 60.7 Å². The Morgan fingerprint density at radius 3 is 2.55 bits per heavy atom. The van der Waals surface area contributed by atoms with Crippen molar-refractivity contribution in [1.82, 2.24) is 4.98 Å². The predicted molar refractivity (Wildman–Crippen MR) is 167 cm³/mol. The highest BCUT2D eigenvalue weighted by molar-refractivity contribution is 7.21. The first-order valence-corrected chi connectivity index (χ1v) is 14.8.